The van der Waals surface area contributed by atoms with E-state index in [0.717, 1.165) is 12.4 Å². The van der Waals surface area contributed by atoms with E-state index in [2.05, 4.69) is 15.3 Å². The zero-order chi connectivity index (χ0) is 13.3. The van der Waals surface area contributed by atoms with Crippen LogP contribution in [-0.4, -0.2) is 9.97 Å². The third-order valence-corrected chi connectivity index (χ3v) is 2.21. The number of anilines is 2. The molecule has 0 aliphatic rings. The van der Waals surface area contributed by atoms with Gasteiger partial charge >= 0.3 is 0 Å². The van der Waals surface area contributed by atoms with Crippen molar-refractivity contribution in [1.29, 1.82) is 0 Å². The monoisotopic (exact) mass is 277 g/mol. The van der Waals surface area contributed by atoms with Crippen molar-refractivity contribution in [3.63, 3.8) is 0 Å². The maximum absolute atomic E-state index is 13.3. The summed E-state index contributed by atoms with van der Waals surface area (Å²) in [6, 6.07) is 1.26. The van der Waals surface area contributed by atoms with E-state index < -0.39 is 29.0 Å². The number of hydrogen-bond acceptors (Lipinski definition) is 3. The van der Waals surface area contributed by atoms with Crippen LogP contribution >= 0.6 is 11.6 Å². The van der Waals surface area contributed by atoms with Crippen LogP contribution < -0.4 is 5.32 Å². The van der Waals surface area contributed by atoms with Gasteiger partial charge in [0.25, 0.3) is 0 Å². The van der Waals surface area contributed by atoms with Gasteiger partial charge in [-0.3, -0.25) is 0 Å². The molecule has 1 aromatic carbocycles. The Labute approximate surface area is 103 Å². The summed E-state index contributed by atoms with van der Waals surface area (Å²) in [5.74, 6) is -6.24. The molecule has 2 aromatic rings. The minimum absolute atomic E-state index is 0.00481. The van der Waals surface area contributed by atoms with Crippen LogP contribution in [0.25, 0.3) is 0 Å². The summed E-state index contributed by atoms with van der Waals surface area (Å²) in [6.07, 6.45) is 1.02. The van der Waals surface area contributed by atoms with Gasteiger partial charge in [0.1, 0.15) is 23.0 Å². The van der Waals surface area contributed by atoms with Crippen LogP contribution in [0.4, 0.5) is 29.1 Å². The molecule has 0 saturated carbocycles. The topological polar surface area (TPSA) is 37.8 Å². The van der Waals surface area contributed by atoms with Gasteiger partial charge in [0.05, 0.1) is 0 Å². The van der Waals surface area contributed by atoms with E-state index >= 15 is 0 Å². The number of halogens is 5. The second kappa shape index (κ2) is 4.77. The largest absolute Gasteiger partial charge is 0.335 e. The van der Waals surface area contributed by atoms with Crippen LogP contribution in [-0.2, 0) is 0 Å². The Balaban J connectivity index is 2.46. The summed E-state index contributed by atoms with van der Waals surface area (Å²) < 4.78 is 52.5. The molecule has 0 spiro atoms. The molecule has 1 heterocycles. The molecule has 0 unspecified atom stereocenters. The summed E-state index contributed by atoms with van der Waals surface area (Å²) in [4.78, 5) is 7.13. The van der Waals surface area contributed by atoms with Crippen molar-refractivity contribution in [3.05, 3.63) is 46.9 Å². The molecule has 0 bridgehead atoms. The number of hydrogen-bond donors (Lipinski definition) is 1. The zero-order valence-electron chi connectivity index (χ0n) is 8.52. The molecular weight excluding hydrogens is 274 g/mol. The Morgan fingerprint density at radius 3 is 2.11 bits per heavy atom. The highest BCUT2D eigenvalue weighted by atomic mass is 35.5. The van der Waals surface area contributed by atoms with Gasteiger partial charge in [-0.1, -0.05) is 11.6 Å². The summed E-state index contributed by atoms with van der Waals surface area (Å²) in [5.41, 5.74) is -0.984. The van der Waals surface area contributed by atoms with Crippen molar-refractivity contribution in [1.82, 2.24) is 9.97 Å². The van der Waals surface area contributed by atoms with Crippen molar-refractivity contribution >= 4 is 23.1 Å². The first-order chi connectivity index (χ1) is 8.49. The predicted octanol–water partition coefficient (Wildman–Crippen LogP) is 3.43. The van der Waals surface area contributed by atoms with Crippen LogP contribution in [0.15, 0.2) is 18.5 Å². The highest BCUT2D eigenvalue weighted by Crippen LogP contribution is 2.26. The number of nitrogens with zero attached hydrogens (tertiary/aromatic N) is 2. The van der Waals surface area contributed by atoms with Crippen molar-refractivity contribution in [2.45, 2.75) is 0 Å². The Morgan fingerprint density at radius 2 is 1.56 bits per heavy atom. The maximum atomic E-state index is 13.3. The molecule has 3 nitrogen and oxygen atoms in total. The van der Waals surface area contributed by atoms with E-state index in [4.69, 9.17) is 11.6 Å². The van der Waals surface area contributed by atoms with E-state index in [0.29, 0.717) is 0 Å². The smallest absolute Gasteiger partial charge is 0.185 e. The highest BCUT2D eigenvalue weighted by molar-refractivity contribution is 6.29. The number of aromatic nitrogens is 2. The third kappa shape index (κ3) is 2.35. The van der Waals surface area contributed by atoms with Crippen molar-refractivity contribution < 1.29 is 17.6 Å². The lowest BCUT2D eigenvalue weighted by molar-refractivity contribution is 0.459. The Kier molecular flexibility index (Phi) is 3.33. The summed E-state index contributed by atoms with van der Waals surface area (Å²) in [6.45, 7) is 0. The molecule has 94 valence electrons. The summed E-state index contributed by atoms with van der Waals surface area (Å²) in [5, 5.41) is 2.10. The van der Waals surface area contributed by atoms with Gasteiger partial charge in [-0.2, -0.15) is 0 Å². The minimum Gasteiger partial charge on any atom is -0.335 e. The second-order valence-corrected chi connectivity index (χ2v) is 3.58. The fraction of sp³-hybridized carbons (Fsp3) is 0. The van der Waals surface area contributed by atoms with Crippen LogP contribution in [0.3, 0.4) is 0 Å². The molecule has 8 heteroatoms. The second-order valence-electron chi connectivity index (χ2n) is 3.19. The fourth-order valence-electron chi connectivity index (χ4n) is 1.21. The maximum Gasteiger partial charge on any atom is 0.185 e. The van der Waals surface area contributed by atoms with Crippen LogP contribution in [0.2, 0.25) is 5.15 Å². The molecule has 0 aliphatic carbocycles. The van der Waals surface area contributed by atoms with Crippen LogP contribution in [0.5, 0.6) is 0 Å². The van der Waals surface area contributed by atoms with Gasteiger partial charge in [-0.05, 0) is 0 Å². The minimum atomic E-state index is -1.55. The van der Waals surface area contributed by atoms with E-state index in [-0.39, 0.29) is 17.0 Å². The average Bonchev–Trinajstić information content (AvgIpc) is 2.32. The summed E-state index contributed by atoms with van der Waals surface area (Å²) >= 11 is 5.53. The molecule has 1 N–H and O–H groups in total. The van der Waals surface area contributed by atoms with Gasteiger partial charge in [0.2, 0.25) is 0 Å². The summed E-state index contributed by atoms with van der Waals surface area (Å²) in [7, 11) is 0. The first-order valence-electron chi connectivity index (χ1n) is 4.56. The molecular formula is C10H4ClF4N3. The van der Waals surface area contributed by atoms with Crippen molar-refractivity contribution in [2.75, 3.05) is 5.32 Å². The molecule has 0 radical (unpaired) electrons. The molecule has 2 rings (SSSR count). The molecule has 1 aromatic heterocycles. The molecule has 0 amide bonds. The lowest BCUT2D eigenvalue weighted by Crippen LogP contribution is -2.04. The van der Waals surface area contributed by atoms with Gasteiger partial charge in [-0.15, -0.1) is 0 Å². The predicted molar refractivity (Wildman–Crippen MR) is 56.6 cm³/mol. The number of rotatable bonds is 2. The zero-order valence-corrected chi connectivity index (χ0v) is 9.27. The van der Waals surface area contributed by atoms with E-state index in [1.807, 2.05) is 0 Å². The van der Waals surface area contributed by atoms with E-state index in [1.165, 1.54) is 0 Å². The normalized spacial score (nSPS) is 10.5. The quantitative estimate of drug-likeness (QED) is 0.519. The van der Waals surface area contributed by atoms with E-state index in [1.54, 1.807) is 0 Å². The number of nitrogens with one attached hydrogen (secondary N) is 1. The van der Waals surface area contributed by atoms with Crippen LogP contribution in [0, 0.1) is 23.3 Å². The highest BCUT2D eigenvalue weighted by Gasteiger charge is 2.19. The van der Waals surface area contributed by atoms with Crippen LogP contribution in [0.1, 0.15) is 0 Å². The Morgan fingerprint density at radius 1 is 0.944 bits per heavy atom. The molecule has 0 saturated heterocycles. The van der Waals surface area contributed by atoms with Gasteiger partial charge in [-0.25, -0.2) is 27.5 Å². The first kappa shape index (κ1) is 12.6. The standard InChI is InChI=1S/C10H4ClF4N3/c11-6-2-7(17-3-16-6)18-10-8(14)4(12)1-5(13)9(10)15/h1-3H,(H,16,17,18). The molecule has 0 atom stereocenters. The third-order valence-electron chi connectivity index (χ3n) is 2.00. The molecule has 0 aliphatic heterocycles. The first-order valence-corrected chi connectivity index (χ1v) is 4.94. The Bertz CT molecular complexity index is 580. The average molecular weight is 278 g/mol. The number of benzene rings is 1. The van der Waals surface area contributed by atoms with Gasteiger partial charge < -0.3 is 5.32 Å². The molecule has 18 heavy (non-hydrogen) atoms. The van der Waals surface area contributed by atoms with Crippen molar-refractivity contribution in [2.24, 2.45) is 0 Å². The van der Waals surface area contributed by atoms with Crippen molar-refractivity contribution in [3.8, 4) is 0 Å². The SMILES string of the molecule is Fc1cc(F)c(F)c(Nc2cc(Cl)ncn2)c1F. The van der Waals surface area contributed by atoms with Gasteiger partial charge in [0, 0.05) is 12.1 Å². The van der Waals surface area contributed by atoms with E-state index in [9.17, 15) is 17.6 Å². The lowest BCUT2D eigenvalue weighted by Gasteiger charge is -2.09. The molecule has 0 fully saturated rings. The lowest BCUT2D eigenvalue weighted by atomic mass is 10.2. The van der Waals surface area contributed by atoms with Gasteiger partial charge in [0.15, 0.2) is 23.3 Å². The fourth-order valence-corrected chi connectivity index (χ4v) is 1.36. The Hall–Kier alpha value is -1.89.